The average molecular weight is 337 g/mol. The Morgan fingerprint density at radius 3 is 2.85 bits per heavy atom. The first-order valence-electron chi connectivity index (χ1n) is 7.09. The van der Waals surface area contributed by atoms with E-state index in [9.17, 15) is 0 Å². The molecule has 0 saturated carbocycles. The zero-order valence-corrected chi connectivity index (χ0v) is 13.7. The first kappa shape index (κ1) is 15.2. The quantitative estimate of drug-likeness (QED) is 0.790. The molecule has 1 N–H and O–H groups in total. The molecule has 0 atom stereocenters. The lowest BCUT2D eigenvalue weighted by atomic mass is 10.2. The van der Waals surface area contributed by atoms with Gasteiger partial charge in [-0.15, -0.1) is 0 Å². The van der Waals surface area contributed by atoms with E-state index in [0.29, 0.717) is 0 Å². The molecule has 0 aliphatic carbocycles. The van der Waals surface area contributed by atoms with Gasteiger partial charge in [0.1, 0.15) is 0 Å². The van der Waals surface area contributed by atoms with Crippen molar-refractivity contribution in [3.63, 3.8) is 0 Å². The van der Waals surface area contributed by atoms with Crippen LogP contribution in [0.15, 0.2) is 29.0 Å². The van der Waals surface area contributed by atoms with Crippen LogP contribution >= 0.6 is 15.9 Å². The van der Waals surface area contributed by atoms with Crippen LogP contribution in [0.3, 0.4) is 0 Å². The maximum Gasteiger partial charge on any atom is 0.0767 e. The zero-order chi connectivity index (χ0) is 14.4. The van der Waals surface area contributed by atoms with E-state index in [1.54, 1.807) is 6.20 Å². The van der Waals surface area contributed by atoms with Crippen molar-refractivity contribution < 1.29 is 0 Å². The van der Waals surface area contributed by atoms with Crippen molar-refractivity contribution in [2.24, 2.45) is 0 Å². The van der Waals surface area contributed by atoms with Gasteiger partial charge in [0, 0.05) is 25.5 Å². The van der Waals surface area contributed by atoms with Crippen molar-refractivity contribution in [2.45, 2.75) is 39.8 Å². The highest BCUT2D eigenvalue weighted by Crippen LogP contribution is 2.22. The molecule has 0 aliphatic heterocycles. The Labute approximate surface area is 128 Å². The number of hydrogen-bond donors (Lipinski definition) is 1. The number of hydrogen-bond acceptors (Lipinski definition) is 3. The first-order valence-corrected chi connectivity index (χ1v) is 7.89. The van der Waals surface area contributed by atoms with E-state index >= 15 is 0 Å². The van der Waals surface area contributed by atoms with Gasteiger partial charge in [-0.25, -0.2) is 0 Å². The largest absolute Gasteiger partial charge is 0.311 e. The highest BCUT2D eigenvalue weighted by atomic mass is 79.9. The Morgan fingerprint density at radius 2 is 2.20 bits per heavy atom. The summed E-state index contributed by atoms with van der Waals surface area (Å²) >= 11 is 3.67. The number of rotatable bonds is 7. The van der Waals surface area contributed by atoms with Crippen LogP contribution in [0.4, 0.5) is 0 Å². The molecule has 5 heteroatoms. The molecule has 20 heavy (non-hydrogen) atoms. The summed E-state index contributed by atoms with van der Waals surface area (Å²) in [5.74, 6) is 0. The Hall–Kier alpha value is -1.20. The van der Waals surface area contributed by atoms with Crippen molar-refractivity contribution in [3.05, 3.63) is 46.0 Å². The molecule has 0 radical (unpaired) electrons. The molecule has 2 rings (SSSR count). The van der Waals surface area contributed by atoms with Gasteiger partial charge in [-0.3, -0.25) is 9.67 Å². The van der Waals surface area contributed by atoms with Gasteiger partial charge in [0.2, 0.25) is 0 Å². The minimum Gasteiger partial charge on any atom is -0.311 e. The zero-order valence-electron chi connectivity index (χ0n) is 12.1. The van der Waals surface area contributed by atoms with Crippen LogP contribution in [0, 0.1) is 0 Å². The molecule has 2 aromatic heterocycles. The molecule has 2 heterocycles. The predicted octanol–water partition coefficient (Wildman–Crippen LogP) is 2.96. The lowest BCUT2D eigenvalue weighted by Crippen LogP contribution is -2.19. The number of pyridine rings is 1. The topological polar surface area (TPSA) is 42.7 Å². The molecule has 0 spiro atoms. The molecule has 0 amide bonds. The van der Waals surface area contributed by atoms with E-state index < -0.39 is 0 Å². The van der Waals surface area contributed by atoms with Crippen molar-refractivity contribution in [1.29, 1.82) is 0 Å². The Morgan fingerprint density at radius 1 is 1.35 bits per heavy atom. The normalized spacial score (nSPS) is 10.9. The molecule has 2 aromatic rings. The second-order valence-electron chi connectivity index (χ2n) is 4.66. The van der Waals surface area contributed by atoms with Gasteiger partial charge in [-0.05, 0) is 53.9 Å². The van der Waals surface area contributed by atoms with Gasteiger partial charge in [0.05, 0.1) is 15.9 Å². The summed E-state index contributed by atoms with van der Waals surface area (Å²) in [6.07, 6.45) is 5.67. The number of nitrogens with zero attached hydrogens (tertiary/aromatic N) is 3. The minimum atomic E-state index is 0.835. The molecule has 0 aromatic carbocycles. The molecule has 0 aliphatic rings. The fourth-order valence-corrected chi connectivity index (χ4v) is 2.88. The van der Waals surface area contributed by atoms with Crippen LogP contribution in [0.5, 0.6) is 0 Å². The van der Waals surface area contributed by atoms with E-state index in [2.05, 4.69) is 55.9 Å². The Balaban J connectivity index is 1.89. The number of aromatic nitrogens is 3. The number of aryl methyl sites for hydroxylation is 2. The van der Waals surface area contributed by atoms with Crippen molar-refractivity contribution in [1.82, 2.24) is 20.1 Å². The van der Waals surface area contributed by atoms with Crippen LogP contribution in [-0.2, 0) is 25.9 Å². The second-order valence-corrected chi connectivity index (χ2v) is 5.46. The smallest absolute Gasteiger partial charge is 0.0767 e. The van der Waals surface area contributed by atoms with E-state index in [0.717, 1.165) is 42.6 Å². The molecular weight excluding hydrogens is 316 g/mol. The third-order valence-electron chi connectivity index (χ3n) is 3.30. The van der Waals surface area contributed by atoms with Crippen LogP contribution in [0.1, 0.15) is 30.8 Å². The Kier molecular flexibility index (Phi) is 5.73. The molecule has 0 fully saturated rings. The van der Waals surface area contributed by atoms with Crippen molar-refractivity contribution >= 4 is 15.9 Å². The predicted molar refractivity (Wildman–Crippen MR) is 84.6 cm³/mol. The highest BCUT2D eigenvalue weighted by Gasteiger charge is 2.12. The SMILES string of the molecule is CCc1nn(CC)c(CNCCc2cccnc2)c1Br. The van der Waals surface area contributed by atoms with Crippen LogP contribution in [-0.4, -0.2) is 21.3 Å². The Bertz CT molecular complexity index is 536. The van der Waals surface area contributed by atoms with E-state index in [1.807, 2.05) is 12.3 Å². The van der Waals surface area contributed by atoms with E-state index in [1.165, 1.54) is 11.3 Å². The van der Waals surface area contributed by atoms with Gasteiger partial charge >= 0.3 is 0 Å². The van der Waals surface area contributed by atoms with E-state index in [4.69, 9.17) is 0 Å². The summed E-state index contributed by atoms with van der Waals surface area (Å²) in [7, 11) is 0. The van der Waals surface area contributed by atoms with Gasteiger partial charge < -0.3 is 5.32 Å². The average Bonchev–Trinajstić information content (AvgIpc) is 2.80. The molecule has 0 unspecified atom stereocenters. The third kappa shape index (κ3) is 3.67. The van der Waals surface area contributed by atoms with Crippen LogP contribution in [0.25, 0.3) is 0 Å². The fraction of sp³-hybridized carbons (Fsp3) is 0.467. The van der Waals surface area contributed by atoms with Crippen molar-refractivity contribution in [3.8, 4) is 0 Å². The lowest BCUT2D eigenvalue weighted by Gasteiger charge is -2.07. The van der Waals surface area contributed by atoms with E-state index in [-0.39, 0.29) is 0 Å². The van der Waals surface area contributed by atoms with Gasteiger partial charge in [-0.2, -0.15) is 5.10 Å². The van der Waals surface area contributed by atoms with Gasteiger partial charge in [0.25, 0.3) is 0 Å². The number of halogens is 1. The summed E-state index contributed by atoms with van der Waals surface area (Å²) in [4.78, 5) is 4.13. The summed E-state index contributed by atoms with van der Waals surface area (Å²) in [5.41, 5.74) is 3.63. The second kappa shape index (κ2) is 7.55. The van der Waals surface area contributed by atoms with Crippen molar-refractivity contribution in [2.75, 3.05) is 6.54 Å². The standard InChI is InChI=1S/C15H21BrN4/c1-3-13-15(16)14(20(4-2)19-13)11-18-9-7-12-6-5-8-17-10-12/h5-6,8,10,18H,3-4,7,9,11H2,1-2H3. The molecular formula is C15H21BrN4. The van der Waals surface area contributed by atoms with Crippen LogP contribution < -0.4 is 5.32 Å². The monoisotopic (exact) mass is 336 g/mol. The summed E-state index contributed by atoms with van der Waals surface area (Å²) in [5, 5.41) is 8.09. The summed E-state index contributed by atoms with van der Waals surface area (Å²) in [6.45, 7) is 6.93. The van der Waals surface area contributed by atoms with Crippen LogP contribution in [0.2, 0.25) is 0 Å². The number of nitrogens with one attached hydrogen (secondary N) is 1. The van der Waals surface area contributed by atoms with Gasteiger partial charge in [0.15, 0.2) is 0 Å². The molecule has 4 nitrogen and oxygen atoms in total. The summed E-state index contributed by atoms with van der Waals surface area (Å²) in [6, 6.07) is 4.09. The fourth-order valence-electron chi connectivity index (χ4n) is 2.17. The molecule has 108 valence electrons. The maximum atomic E-state index is 4.60. The third-order valence-corrected chi connectivity index (χ3v) is 4.22. The van der Waals surface area contributed by atoms with Gasteiger partial charge in [-0.1, -0.05) is 13.0 Å². The highest BCUT2D eigenvalue weighted by molar-refractivity contribution is 9.10. The first-order chi connectivity index (χ1) is 9.76. The maximum absolute atomic E-state index is 4.60. The summed E-state index contributed by atoms with van der Waals surface area (Å²) < 4.78 is 3.22. The lowest BCUT2D eigenvalue weighted by molar-refractivity contribution is 0.577. The minimum absolute atomic E-state index is 0.835. The molecule has 0 bridgehead atoms. The molecule has 0 saturated heterocycles.